The van der Waals surface area contributed by atoms with Gasteiger partial charge in [0.2, 0.25) is 5.88 Å². The Labute approximate surface area is 225 Å². The monoisotopic (exact) mass is 527 g/mol. The lowest BCUT2D eigenvalue weighted by Gasteiger charge is -2.28. The molecule has 1 unspecified atom stereocenters. The van der Waals surface area contributed by atoms with Gasteiger partial charge in [0.1, 0.15) is 11.3 Å². The number of carbonyl (C=O) groups excluding carboxylic acids is 1. The summed E-state index contributed by atoms with van der Waals surface area (Å²) in [5.74, 6) is 0.120. The molecule has 3 aromatic carbocycles. The molecule has 0 saturated heterocycles. The highest BCUT2D eigenvalue weighted by Gasteiger charge is 2.30. The molecule has 2 heterocycles. The third kappa shape index (κ3) is 5.10. The summed E-state index contributed by atoms with van der Waals surface area (Å²) in [5.41, 5.74) is 3.96. The van der Waals surface area contributed by atoms with Crippen LogP contribution in [-0.4, -0.2) is 39.3 Å². The molecule has 5 rings (SSSR count). The lowest BCUT2D eigenvalue weighted by molar-refractivity contribution is 0.102. The van der Waals surface area contributed by atoms with Crippen molar-refractivity contribution in [2.75, 3.05) is 18.9 Å². The minimum Gasteiger partial charge on any atom is -0.493 e. The van der Waals surface area contributed by atoms with Crippen LogP contribution < -0.4 is 15.6 Å². The number of rotatable bonds is 8. The second kappa shape index (κ2) is 11.2. The van der Waals surface area contributed by atoms with Crippen LogP contribution in [0.4, 0.5) is 0 Å². The standard InChI is InChI=1S/C30H29N3O4S/c1-3-37-25-11-7-6-10-23(25)33-29(36)26(27-22-9-5-4-8-20(22)16-17-31-27)28(35)32-30(33)38-18-24(34)21-14-12-19(2)13-15-21/h4-15,27,31,35H,3,16-18H2,1-2H3. The molecule has 1 atom stereocenters. The third-order valence-electron chi connectivity index (χ3n) is 6.58. The first-order valence-corrected chi connectivity index (χ1v) is 13.6. The van der Waals surface area contributed by atoms with Crippen LogP contribution >= 0.6 is 11.8 Å². The zero-order valence-corrected chi connectivity index (χ0v) is 22.1. The number of carbonyl (C=O) groups is 1. The molecule has 0 amide bonds. The molecule has 0 radical (unpaired) electrons. The van der Waals surface area contributed by atoms with Crippen molar-refractivity contribution in [3.05, 3.63) is 111 Å². The van der Waals surface area contributed by atoms with Crippen LogP contribution in [0.25, 0.3) is 5.69 Å². The Bertz CT molecular complexity index is 1530. The number of ether oxygens (including phenoxy) is 1. The minimum absolute atomic E-state index is 0.0512. The second-order valence-electron chi connectivity index (χ2n) is 9.09. The van der Waals surface area contributed by atoms with Gasteiger partial charge in [-0.25, -0.2) is 0 Å². The van der Waals surface area contributed by atoms with Gasteiger partial charge in [0.25, 0.3) is 5.56 Å². The maximum Gasteiger partial charge on any atom is 0.267 e. The molecule has 2 N–H and O–H groups in total. The molecule has 7 nitrogen and oxygen atoms in total. The molecule has 0 spiro atoms. The maximum absolute atomic E-state index is 14.2. The highest BCUT2D eigenvalue weighted by Crippen LogP contribution is 2.34. The van der Waals surface area contributed by atoms with Crippen molar-refractivity contribution in [3.63, 3.8) is 0 Å². The highest BCUT2D eigenvalue weighted by atomic mass is 32.2. The van der Waals surface area contributed by atoms with Crippen molar-refractivity contribution in [1.29, 1.82) is 0 Å². The average molecular weight is 528 g/mol. The van der Waals surface area contributed by atoms with E-state index in [-0.39, 0.29) is 28.1 Å². The lowest BCUT2D eigenvalue weighted by Crippen LogP contribution is -2.37. The number of nitrogens with one attached hydrogen (secondary N) is 1. The fourth-order valence-corrected chi connectivity index (χ4v) is 5.59. The van der Waals surface area contributed by atoms with Gasteiger partial charge in [-0.2, -0.15) is 4.98 Å². The zero-order chi connectivity index (χ0) is 26.6. The van der Waals surface area contributed by atoms with Crippen LogP contribution in [0.1, 0.15) is 45.6 Å². The van der Waals surface area contributed by atoms with E-state index in [0.29, 0.717) is 30.2 Å². The van der Waals surface area contributed by atoms with Crippen LogP contribution in [-0.2, 0) is 6.42 Å². The van der Waals surface area contributed by atoms with Gasteiger partial charge in [-0.1, -0.05) is 78.0 Å². The van der Waals surface area contributed by atoms with Crippen LogP contribution in [0.3, 0.4) is 0 Å². The summed E-state index contributed by atoms with van der Waals surface area (Å²) in [4.78, 5) is 31.6. The first kappa shape index (κ1) is 25.8. The lowest BCUT2D eigenvalue weighted by atomic mass is 9.90. The molecule has 1 aliphatic rings. The fraction of sp³-hybridized carbons (Fsp3) is 0.233. The molecule has 0 fully saturated rings. The van der Waals surface area contributed by atoms with Crippen LogP contribution in [0.2, 0.25) is 0 Å². The summed E-state index contributed by atoms with van der Waals surface area (Å²) in [7, 11) is 0. The van der Waals surface area contributed by atoms with Gasteiger partial charge >= 0.3 is 0 Å². The van der Waals surface area contributed by atoms with Crippen molar-refractivity contribution in [3.8, 4) is 17.3 Å². The molecule has 8 heteroatoms. The summed E-state index contributed by atoms with van der Waals surface area (Å²) in [6, 6.07) is 22.0. The maximum atomic E-state index is 14.2. The van der Waals surface area contributed by atoms with E-state index >= 15 is 0 Å². The van der Waals surface area contributed by atoms with E-state index in [1.165, 1.54) is 4.57 Å². The molecular weight excluding hydrogens is 498 g/mol. The number of thioether (sulfide) groups is 1. The highest BCUT2D eigenvalue weighted by molar-refractivity contribution is 7.99. The van der Waals surface area contributed by atoms with E-state index in [4.69, 9.17) is 4.74 Å². The van der Waals surface area contributed by atoms with E-state index in [1.807, 2.05) is 62.4 Å². The normalized spacial score (nSPS) is 14.6. The minimum atomic E-state index is -0.515. The van der Waals surface area contributed by atoms with Crippen LogP contribution in [0.15, 0.2) is 82.7 Å². The van der Waals surface area contributed by atoms with Crippen molar-refractivity contribution >= 4 is 17.5 Å². The van der Waals surface area contributed by atoms with Gasteiger partial charge in [-0.15, -0.1) is 0 Å². The van der Waals surface area contributed by atoms with Gasteiger partial charge in [0, 0.05) is 12.1 Å². The number of para-hydroxylation sites is 2. The molecule has 1 aliphatic heterocycles. The number of fused-ring (bicyclic) bond motifs is 1. The summed E-state index contributed by atoms with van der Waals surface area (Å²) in [6.07, 6.45) is 0.831. The molecule has 4 aromatic rings. The Morgan fingerprint density at radius 3 is 2.63 bits per heavy atom. The van der Waals surface area contributed by atoms with Crippen LogP contribution in [0.5, 0.6) is 11.6 Å². The number of hydrogen-bond donors (Lipinski definition) is 2. The van der Waals surface area contributed by atoms with Gasteiger partial charge in [0.05, 0.1) is 24.1 Å². The van der Waals surface area contributed by atoms with E-state index in [2.05, 4.69) is 10.3 Å². The topological polar surface area (TPSA) is 93.5 Å². The summed E-state index contributed by atoms with van der Waals surface area (Å²) in [5, 5.41) is 14.7. The summed E-state index contributed by atoms with van der Waals surface area (Å²) in [6.45, 7) is 4.91. The molecule has 0 aliphatic carbocycles. The van der Waals surface area contributed by atoms with Crippen LogP contribution in [0, 0.1) is 6.92 Å². The number of nitrogens with zero attached hydrogens (tertiary/aromatic N) is 2. The predicted molar refractivity (Wildman–Crippen MR) is 149 cm³/mol. The first-order valence-electron chi connectivity index (χ1n) is 12.6. The quantitative estimate of drug-likeness (QED) is 0.192. The first-order chi connectivity index (χ1) is 18.5. The van der Waals surface area contributed by atoms with Gasteiger partial charge in [-0.05, 0) is 43.5 Å². The Morgan fingerprint density at radius 2 is 1.84 bits per heavy atom. The van der Waals surface area contributed by atoms with Gasteiger partial charge in [0.15, 0.2) is 10.9 Å². The third-order valence-corrected chi connectivity index (χ3v) is 7.52. The second-order valence-corrected chi connectivity index (χ2v) is 10.0. The molecule has 194 valence electrons. The largest absolute Gasteiger partial charge is 0.493 e. The van der Waals surface area contributed by atoms with Gasteiger partial charge in [-0.3, -0.25) is 14.2 Å². The molecule has 0 bridgehead atoms. The Hall–Kier alpha value is -3.88. The Morgan fingerprint density at radius 1 is 1.11 bits per heavy atom. The average Bonchev–Trinajstić information content (AvgIpc) is 2.93. The van der Waals surface area contributed by atoms with Crippen molar-refractivity contribution in [2.24, 2.45) is 0 Å². The van der Waals surface area contributed by atoms with Crippen molar-refractivity contribution < 1.29 is 14.6 Å². The van der Waals surface area contributed by atoms with E-state index in [9.17, 15) is 14.7 Å². The predicted octanol–water partition coefficient (Wildman–Crippen LogP) is 4.86. The van der Waals surface area contributed by atoms with Crippen molar-refractivity contribution in [2.45, 2.75) is 31.5 Å². The molecule has 1 aromatic heterocycles. The van der Waals surface area contributed by atoms with Gasteiger partial charge < -0.3 is 15.2 Å². The van der Waals surface area contributed by atoms with E-state index in [0.717, 1.165) is 34.9 Å². The SMILES string of the molecule is CCOc1ccccc1-n1c(SCC(=O)c2ccc(C)cc2)nc(O)c(C2NCCc3ccccc32)c1=O. The number of benzene rings is 3. The van der Waals surface area contributed by atoms with E-state index in [1.54, 1.807) is 24.3 Å². The number of aromatic hydroxyl groups is 1. The Balaban J connectivity index is 1.62. The van der Waals surface area contributed by atoms with Crippen molar-refractivity contribution in [1.82, 2.24) is 14.9 Å². The number of ketones is 1. The molecular formula is C30H29N3O4S. The molecule has 38 heavy (non-hydrogen) atoms. The number of Topliss-reactive ketones (excluding diaryl/α,β-unsaturated/α-hetero) is 1. The number of aromatic nitrogens is 2. The fourth-order valence-electron chi connectivity index (χ4n) is 4.70. The zero-order valence-electron chi connectivity index (χ0n) is 21.3. The molecule has 0 saturated carbocycles. The summed E-state index contributed by atoms with van der Waals surface area (Å²) < 4.78 is 7.29. The Kier molecular flexibility index (Phi) is 7.62. The number of hydrogen-bond acceptors (Lipinski definition) is 7. The van der Waals surface area contributed by atoms with E-state index < -0.39 is 11.6 Å². The number of aryl methyl sites for hydroxylation is 1. The smallest absolute Gasteiger partial charge is 0.267 e. The summed E-state index contributed by atoms with van der Waals surface area (Å²) >= 11 is 1.11.